The molecular weight excluding hydrogens is 352 g/mol. The first kappa shape index (κ1) is 18.1. The van der Waals surface area contributed by atoms with E-state index in [9.17, 15) is 9.59 Å². The first-order chi connectivity index (χ1) is 12.1. The molecule has 0 spiro atoms. The number of nitrogens with zero attached hydrogens (tertiary/aromatic N) is 2. The smallest absolute Gasteiger partial charge is 0.267 e. The third-order valence-corrected chi connectivity index (χ3v) is 6.00. The molecule has 0 bridgehead atoms. The Morgan fingerprint density at radius 2 is 1.76 bits per heavy atom. The lowest BCUT2D eigenvalue weighted by Crippen LogP contribution is -2.30. The molecule has 3 rings (SSSR count). The molecular formula is C19H22N2O2S2. The monoisotopic (exact) mass is 374 g/mol. The van der Waals surface area contributed by atoms with Gasteiger partial charge in [0.05, 0.1) is 16.2 Å². The van der Waals surface area contributed by atoms with Crippen molar-refractivity contribution in [3.8, 4) is 0 Å². The van der Waals surface area contributed by atoms with Crippen LogP contribution in [0.25, 0.3) is 5.57 Å². The van der Waals surface area contributed by atoms with Gasteiger partial charge in [-0.3, -0.25) is 14.5 Å². The molecule has 2 aliphatic rings. The van der Waals surface area contributed by atoms with Crippen molar-refractivity contribution in [3.05, 3.63) is 34.7 Å². The summed E-state index contributed by atoms with van der Waals surface area (Å²) >= 11 is 6.67. The first-order valence-corrected chi connectivity index (χ1v) is 10.0. The molecule has 1 fully saturated rings. The largest absolute Gasteiger partial charge is 0.308 e. The zero-order chi connectivity index (χ0) is 18.0. The highest BCUT2D eigenvalue weighted by Gasteiger charge is 2.41. The van der Waals surface area contributed by atoms with Crippen LogP contribution in [0.5, 0.6) is 0 Å². The molecule has 2 heterocycles. The van der Waals surface area contributed by atoms with Crippen molar-refractivity contribution in [2.24, 2.45) is 0 Å². The number of para-hydroxylation sites is 1. The van der Waals surface area contributed by atoms with Gasteiger partial charge in [0, 0.05) is 18.7 Å². The number of likely N-dealkylation sites (N-methyl/N-ethyl adjacent to an activating group) is 1. The molecule has 0 radical (unpaired) electrons. The maximum absolute atomic E-state index is 12.9. The zero-order valence-corrected chi connectivity index (χ0v) is 16.2. The molecule has 4 nitrogen and oxygen atoms in total. The topological polar surface area (TPSA) is 40.6 Å². The van der Waals surface area contributed by atoms with E-state index in [1.807, 2.05) is 31.2 Å². The van der Waals surface area contributed by atoms with E-state index in [0.29, 0.717) is 27.9 Å². The average Bonchev–Trinajstić information content (AvgIpc) is 3.05. The molecule has 1 aromatic carbocycles. The van der Waals surface area contributed by atoms with Crippen LogP contribution < -0.4 is 4.90 Å². The Hall–Kier alpha value is -1.66. The summed E-state index contributed by atoms with van der Waals surface area (Å²) in [5.41, 5.74) is 2.21. The van der Waals surface area contributed by atoms with Crippen molar-refractivity contribution in [2.75, 3.05) is 18.0 Å². The normalized spacial score (nSPS) is 20.0. The number of carbonyl (C=O) groups is 2. The number of thioether (sulfide) groups is 1. The number of carbonyl (C=O) groups excluding carboxylic acids is 2. The third kappa shape index (κ3) is 3.25. The Bertz CT molecular complexity index is 758. The van der Waals surface area contributed by atoms with Gasteiger partial charge in [-0.1, -0.05) is 68.4 Å². The summed E-state index contributed by atoms with van der Waals surface area (Å²) in [4.78, 5) is 29.6. The van der Waals surface area contributed by atoms with E-state index in [1.165, 1.54) is 11.8 Å². The van der Waals surface area contributed by atoms with Crippen LogP contribution in [0.15, 0.2) is 29.2 Å². The Morgan fingerprint density at radius 1 is 1.00 bits per heavy atom. The third-order valence-electron chi connectivity index (χ3n) is 4.55. The molecule has 1 saturated heterocycles. The molecule has 0 aromatic heterocycles. The molecule has 0 saturated carbocycles. The summed E-state index contributed by atoms with van der Waals surface area (Å²) in [6.07, 6.45) is 4.34. The number of benzene rings is 1. The van der Waals surface area contributed by atoms with E-state index in [2.05, 4.69) is 6.92 Å². The molecule has 0 N–H and O–H groups in total. The number of amides is 2. The Labute approximate surface area is 158 Å². The van der Waals surface area contributed by atoms with Crippen LogP contribution in [0.4, 0.5) is 5.69 Å². The predicted octanol–water partition coefficient (Wildman–Crippen LogP) is 4.20. The van der Waals surface area contributed by atoms with Gasteiger partial charge in [-0.15, -0.1) is 0 Å². The number of hydrogen-bond acceptors (Lipinski definition) is 4. The van der Waals surface area contributed by atoms with Gasteiger partial charge in [-0.2, -0.15) is 0 Å². The Balaban J connectivity index is 1.92. The summed E-state index contributed by atoms with van der Waals surface area (Å²) in [6.45, 7) is 5.31. The van der Waals surface area contributed by atoms with Gasteiger partial charge in [0.2, 0.25) is 0 Å². The second-order valence-corrected chi connectivity index (χ2v) is 7.80. The van der Waals surface area contributed by atoms with Gasteiger partial charge in [0.1, 0.15) is 4.32 Å². The zero-order valence-electron chi connectivity index (χ0n) is 14.6. The van der Waals surface area contributed by atoms with Crippen LogP contribution in [0.2, 0.25) is 0 Å². The van der Waals surface area contributed by atoms with E-state index in [0.717, 1.165) is 36.9 Å². The number of unbranched alkanes of at least 4 members (excludes halogenated alkanes) is 3. The van der Waals surface area contributed by atoms with Crippen LogP contribution in [-0.2, 0) is 9.59 Å². The highest BCUT2D eigenvalue weighted by atomic mass is 32.2. The summed E-state index contributed by atoms with van der Waals surface area (Å²) in [7, 11) is 0. The summed E-state index contributed by atoms with van der Waals surface area (Å²) in [5.74, 6) is -0.224. The maximum Gasteiger partial charge on any atom is 0.267 e. The van der Waals surface area contributed by atoms with Crippen molar-refractivity contribution in [3.63, 3.8) is 0 Å². The fraction of sp³-hybridized carbons (Fsp3) is 0.421. The predicted molar refractivity (Wildman–Crippen MR) is 107 cm³/mol. The lowest BCUT2D eigenvalue weighted by molar-refractivity contribution is -0.122. The summed E-state index contributed by atoms with van der Waals surface area (Å²) in [5, 5.41) is 0. The van der Waals surface area contributed by atoms with E-state index in [1.54, 1.807) is 9.80 Å². The molecule has 6 heteroatoms. The number of hydrogen-bond donors (Lipinski definition) is 0. The van der Waals surface area contributed by atoms with E-state index < -0.39 is 0 Å². The number of thiocarbonyl (C=S) groups is 1. The molecule has 0 atom stereocenters. The van der Waals surface area contributed by atoms with Crippen LogP contribution in [0, 0.1) is 0 Å². The van der Waals surface area contributed by atoms with Gasteiger partial charge in [-0.25, -0.2) is 0 Å². The number of fused-ring (bicyclic) bond motifs is 1. The molecule has 132 valence electrons. The Kier molecular flexibility index (Phi) is 5.59. The van der Waals surface area contributed by atoms with Gasteiger partial charge in [0.25, 0.3) is 11.8 Å². The molecule has 1 aromatic rings. The molecule has 2 aliphatic heterocycles. The molecule has 0 unspecified atom stereocenters. The standard InChI is InChI=1S/C19H22N2O2S2/c1-3-5-6-9-12-21-18(23)16(25-19(21)24)15-13-10-7-8-11-14(13)20(4-2)17(15)22/h7-8,10-11H,3-6,9,12H2,1-2H3/b16-15-. The number of rotatable bonds is 6. The van der Waals surface area contributed by atoms with Crippen LogP contribution >= 0.6 is 24.0 Å². The molecule has 2 amide bonds. The second-order valence-electron chi connectivity index (χ2n) is 6.16. The van der Waals surface area contributed by atoms with Crippen molar-refractivity contribution >= 4 is 51.4 Å². The maximum atomic E-state index is 12.9. The summed E-state index contributed by atoms with van der Waals surface area (Å²) in [6, 6.07) is 7.65. The van der Waals surface area contributed by atoms with Crippen LogP contribution in [0.1, 0.15) is 45.1 Å². The van der Waals surface area contributed by atoms with Gasteiger partial charge in [0.15, 0.2) is 0 Å². The quantitative estimate of drug-likeness (QED) is 0.425. The van der Waals surface area contributed by atoms with Crippen molar-refractivity contribution in [1.29, 1.82) is 0 Å². The van der Waals surface area contributed by atoms with Gasteiger partial charge < -0.3 is 4.90 Å². The fourth-order valence-corrected chi connectivity index (χ4v) is 4.63. The minimum Gasteiger partial charge on any atom is -0.308 e. The number of anilines is 1. The van der Waals surface area contributed by atoms with Crippen LogP contribution in [0.3, 0.4) is 0 Å². The lowest BCUT2D eigenvalue weighted by Gasteiger charge is -2.14. The minimum atomic E-state index is -0.123. The molecule has 0 aliphatic carbocycles. The highest BCUT2D eigenvalue weighted by Crippen LogP contribution is 2.44. The average molecular weight is 375 g/mol. The van der Waals surface area contributed by atoms with Crippen molar-refractivity contribution < 1.29 is 9.59 Å². The highest BCUT2D eigenvalue weighted by molar-refractivity contribution is 8.26. The molecule has 25 heavy (non-hydrogen) atoms. The van der Waals surface area contributed by atoms with E-state index in [4.69, 9.17) is 12.2 Å². The van der Waals surface area contributed by atoms with Gasteiger partial charge in [-0.05, 0) is 19.4 Å². The van der Waals surface area contributed by atoms with Crippen molar-refractivity contribution in [1.82, 2.24) is 4.90 Å². The Morgan fingerprint density at radius 3 is 2.48 bits per heavy atom. The first-order valence-electron chi connectivity index (χ1n) is 8.79. The van der Waals surface area contributed by atoms with E-state index in [-0.39, 0.29) is 11.8 Å². The van der Waals surface area contributed by atoms with E-state index >= 15 is 0 Å². The van der Waals surface area contributed by atoms with Crippen LogP contribution in [-0.4, -0.2) is 34.1 Å². The summed E-state index contributed by atoms with van der Waals surface area (Å²) < 4.78 is 0.559. The lowest BCUT2D eigenvalue weighted by atomic mass is 10.1. The minimum absolute atomic E-state index is 0.102. The van der Waals surface area contributed by atoms with Crippen molar-refractivity contribution in [2.45, 2.75) is 39.5 Å². The SMILES string of the molecule is CCCCCCN1C(=O)/C(=C2/C(=O)N(CC)c3ccccc32)SC1=S. The fourth-order valence-electron chi connectivity index (χ4n) is 3.25. The van der Waals surface area contributed by atoms with Gasteiger partial charge >= 0.3 is 0 Å². The second kappa shape index (κ2) is 7.70.